The van der Waals surface area contributed by atoms with E-state index in [-0.39, 0.29) is 59.7 Å². The Balaban J connectivity index is 0.805. The Morgan fingerprint density at radius 3 is 2.54 bits per heavy atom. The molecule has 0 radical (unpaired) electrons. The molecule has 4 aliphatic heterocycles. The summed E-state index contributed by atoms with van der Waals surface area (Å²) in [7, 11) is 0. The molecule has 0 unspecified atom stereocenters. The molecular weight excluding hydrogens is 630 g/mol. The Hall–Kier alpha value is -2.53. The molecule has 0 bridgehead atoms. The van der Waals surface area contributed by atoms with E-state index in [1.807, 2.05) is 11.8 Å². The molecule has 48 heavy (non-hydrogen) atoms. The third-order valence-corrected chi connectivity index (χ3v) is 12.3. The van der Waals surface area contributed by atoms with Crippen LogP contribution in [0.4, 0.5) is 4.79 Å². The molecule has 0 aromatic rings. The van der Waals surface area contributed by atoms with Crippen LogP contribution in [0.15, 0.2) is 23.8 Å². The van der Waals surface area contributed by atoms with Gasteiger partial charge in [-0.25, -0.2) is 9.59 Å². The highest BCUT2D eigenvalue weighted by Gasteiger charge is 2.61. The van der Waals surface area contributed by atoms with E-state index in [4.69, 9.17) is 14.2 Å². The van der Waals surface area contributed by atoms with Crippen molar-refractivity contribution in [2.24, 2.45) is 5.92 Å². The number of hydrogen-bond acceptors (Lipinski definition) is 8. The van der Waals surface area contributed by atoms with E-state index in [1.165, 1.54) is 25.7 Å². The number of thioether (sulfide) groups is 1. The van der Waals surface area contributed by atoms with E-state index in [2.05, 4.69) is 35.5 Å². The van der Waals surface area contributed by atoms with Crippen LogP contribution in [-0.2, 0) is 28.6 Å². The van der Waals surface area contributed by atoms with Crippen molar-refractivity contribution >= 4 is 35.6 Å². The first-order chi connectivity index (χ1) is 23.2. The third-order valence-electron chi connectivity index (χ3n) is 10.8. The molecule has 0 aromatic carbocycles. The zero-order chi connectivity index (χ0) is 33.9. The van der Waals surface area contributed by atoms with Crippen LogP contribution in [0.5, 0.6) is 0 Å². The lowest BCUT2D eigenvalue weighted by Crippen LogP contribution is -2.36. The second kappa shape index (κ2) is 17.9. The molecule has 10 nitrogen and oxygen atoms in total. The normalized spacial score (nSPS) is 31.8. The molecule has 4 fully saturated rings. The Morgan fingerprint density at radius 2 is 1.75 bits per heavy atom. The first-order valence-electron chi connectivity index (χ1n) is 18.6. The average molecular weight is 688 g/mol. The maximum absolute atomic E-state index is 12.4. The number of urea groups is 1. The van der Waals surface area contributed by atoms with Crippen molar-refractivity contribution in [3.8, 4) is 0 Å². The number of amides is 3. The third kappa shape index (κ3) is 10.5. The minimum Gasteiger partial charge on any atom is -0.461 e. The van der Waals surface area contributed by atoms with Crippen molar-refractivity contribution in [3.05, 3.63) is 23.8 Å². The minimum atomic E-state index is -0.312. The van der Waals surface area contributed by atoms with E-state index in [0.717, 1.165) is 94.9 Å². The summed E-state index contributed by atoms with van der Waals surface area (Å²) in [5.41, 5.74) is 1.37. The number of carbonyl (C=O) groups excluding carboxylic acids is 4. The number of nitrogens with one attached hydrogen (secondary N) is 3. The van der Waals surface area contributed by atoms with Crippen molar-refractivity contribution in [2.75, 3.05) is 18.9 Å². The Kier molecular flexibility index (Phi) is 13.7. The summed E-state index contributed by atoms with van der Waals surface area (Å²) >= 11 is 1.93. The first-order valence-corrected chi connectivity index (χ1v) is 19.6. The fourth-order valence-electron chi connectivity index (χ4n) is 7.72. The summed E-state index contributed by atoms with van der Waals surface area (Å²) in [6.45, 7) is 7.12. The van der Waals surface area contributed by atoms with Crippen LogP contribution < -0.4 is 16.0 Å². The molecule has 0 aromatic heterocycles. The molecule has 11 heteroatoms. The molecule has 5 aliphatic rings. The molecule has 5 rings (SSSR count). The lowest BCUT2D eigenvalue weighted by Gasteiger charge is -2.20. The minimum absolute atomic E-state index is 0.0436. The quantitative estimate of drug-likeness (QED) is 0.0374. The molecule has 0 saturated carbocycles. The highest BCUT2D eigenvalue weighted by molar-refractivity contribution is 8.00. The molecule has 1 aliphatic carbocycles. The number of fused-ring (bicyclic) bond motifs is 4. The highest BCUT2D eigenvalue weighted by Crippen LogP contribution is 2.49. The summed E-state index contributed by atoms with van der Waals surface area (Å²) in [6.07, 6.45) is 19.1. The van der Waals surface area contributed by atoms with Gasteiger partial charge in [-0.2, -0.15) is 11.8 Å². The van der Waals surface area contributed by atoms with Crippen LogP contribution in [0.2, 0.25) is 0 Å². The summed E-state index contributed by atoms with van der Waals surface area (Å²) in [5, 5.41) is 9.53. The van der Waals surface area contributed by atoms with Gasteiger partial charge in [-0.05, 0) is 63.9 Å². The Labute approximate surface area is 290 Å². The van der Waals surface area contributed by atoms with Crippen LogP contribution >= 0.6 is 11.8 Å². The van der Waals surface area contributed by atoms with Crippen LogP contribution in [0, 0.1) is 5.92 Å². The number of allylic oxidation sites excluding steroid dienone is 1. The summed E-state index contributed by atoms with van der Waals surface area (Å²) in [5.74, 6) is 0.630. The van der Waals surface area contributed by atoms with Gasteiger partial charge < -0.3 is 30.2 Å². The largest absolute Gasteiger partial charge is 0.461 e. The number of unbranched alkanes of at least 4 members (excludes halogenated alkanes) is 9. The van der Waals surface area contributed by atoms with E-state index in [1.54, 1.807) is 0 Å². The Morgan fingerprint density at radius 1 is 1.02 bits per heavy atom. The molecule has 0 spiro atoms. The number of hydrogen-bond donors (Lipinski definition) is 3. The van der Waals surface area contributed by atoms with Crippen LogP contribution in [0.25, 0.3) is 0 Å². The monoisotopic (exact) mass is 687 g/mol. The molecule has 268 valence electrons. The van der Waals surface area contributed by atoms with Crippen molar-refractivity contribution in [1.29, 1.82) is 0 Å². The topological polar surface area (TPSA) is 135 Å². The molecule has 4 heterocycles. The van der Waals surface area contributed by atoms with Gasteiger partial charge in [-0.1, -0.05) is 64.0 Å². The van der Waals surface area contributed by atoms with Crippen molar-refractivity contribution in [2.45, 2.75) is 158 Å². The van der Waals surface area contributed by atoms with Crippen LogP contribution in [-0.4, -0.2) is 77.9 Å². The van der Waals surface area contributed by atoms with E-state index < -0.39 is 0 Å². The van der Waals surface area contributed by atoms with Gasteiger partial charge in [-0.3, -0.25) is 9.59 Å². The maximum atomic E-state index is 12.4. The zero-order valence-electron chi connectivity index (χ0n) is 28.9. The zero-order valence-corrected chi connectivity index (χ0v) is 29.7. The fourth-order valence-corrected chi connectivity index (χ4v) is 9.26. The second-order valence-electron chi connectivity index (χ2n) is 14.6. The van der Waals surface area contributed by atoms with Crippen molar-refractivity contribution < 1.29 is 33.4 Å². The lowest BCUT2D eigenvalue weighted by molar-refractivity contribution is -0.143. The highest BCUT2D eigenvalue weighted by atomic mass is 32.2. The lowest BCUT2D eigenvalue weighted by atomic mass is 9.84. The van der Waals surface area contributed by atoms with E-state index >= 15 is 0 Å². The van der Waals surface area contributed by atoms with Gasteiger partial charge in [0, 0.05) is 41.9 Å². The summed E-state index contributed by atoms with van der Waals surface area (Å²) in [4.78, 5) is 48.2. The SMILES string of the molecule is C=C1C(=O)O[C@@H]2[C@H]3O[C@]3(C)CC/C=C(\COC(=O)CCCCCCCCCCCNC(=O)CCCC[C@@H]3SC[C@@H]4NC(=O)N[C@@H]43)CC[C@@H]12. The van der Waals surface area contributed by atoms with Gasteiger partial charge in [0.2, 0.25) is 5.91 Å². The van der Waals surface area contributed by atoms with Crippen molar-refractivity contribution in [1.82, 2.24) is 16.0 Å². The molecule has 4 saturated heterocycles. The number of epoxide rings is 1. The van der Waals surface area contributed by atoms with Gasteiger partial charge in [0.15, 0.2) is 0 Å². The number of carbonyl (C=O) groups is 4. The number of ether oxygens (including phenoxy) is 3. The average Bonchev–Trinajstić information content (AvgIpc) is 3.25. The fraction of sp³-hybridized carbons (Fsp3) is 0.784. The smallest absolute Gasteiger partial charge is 0.334 e. The summed E-state index contributed by atoms with van der Waals surface area (Å²) < 4.78 is 17.2. The van der Waals surface area contributed by atoms with Gasteiger partial charge >= 0.3 is 18.0 Å². The van der Waals surface area contributed by atoms with Gasteiger partial charge in [-0.15, -0.1) is 0 Å². The van der Waals surface area contributed by atoms with Gasteiger partial charge in [0.05, 0.1) is 17.7 Å². The maximum Gasteiger partial charge on any atom is 0.334 e. The second-order valence-corrected chi connectivity index (χ2v) is 15.9. The van der Waals surface area contributed by atoms with Crippen LogP contribution in [0.3, 0.4) is 0 Å². The molecule has 3 amide bonds. The Bertz CT molecular complexity index is 1190. The predicted octanol–water partition coefficient (Wildman–Crippen LogP) is 6.03. The predicted molar refractivity (Wildman–Crippen MR) is 186 cm³/mol. The molecular formula is C37H57N3O7S. The van der Waals surface area contributed by atoms with E-state index in [9.17, 15) is 19.2 Å². The number of esters is 2. The number of rotatable bonds is 19. The first kappa shape index (κ1) is 36.7. The van der Waals surface area contributed by atoms with Crippen LogP contribution in [0.1, 0.15) is 122 Å². The van der Waals surface area contributed by atoms with Gasteiger partial charge in [0.25, 0.3) is 0 Å². The summed E-state index contributed by atoms with van der Waals surface area (Å²) in [6, 6.07) is 0.465. The van der Waals surface area contributed by atoms with Gasteiger partial charge in [0.1, 0.15) is 18.8 Å². The van der Waals surface area contributed by atoms with Crippen molar-refractivity contribution in [3.63, 3.8) is 0 Å². The molecule has 7 atom stereocenters. The standard InChI is InChI=1S/C37H57N3O7S/c1-25-27-20-19-26(15-14-21-37(2)34(47-37)33(27)46-35(25)43)23-45-31(42)18-10-8-6-4-3-5-7-9-13-22-38-30(41)17-12-11-16-29-32-28(24-48-29)39-36(44)40-32/h15,27-29,32-34H,1,3-14,16-24H2,2H3,(H,38,41)(H2,39,40,44)/b26-15-/t27-,28-,29-,32-,33-,34+,37+/m0/s1. The van der Waals surface area contributed by atoms with E-state index in [0.29, 0.717) is 30.3 Å². The molecule has 3 N–H and O–H groups in total.